The molecule has 1 unspecified atom stereocenters. The van der Waals surface area contributed by atoms with Crippen LogP contribution in [0.4, 0.5) is 0 Å². The molecule has 1 atom stereocenters. The molecule has 0 aliphatic heterocycles. The summed E-state index contributed by atoms with van der Waals surface area (Å²) >= 11 is 0. The van der Waals surface area contributed by atoms with E-state index in [1.165, 1.54) is 5.69 Å². The number of hydrogen-bond acceptors (Lipinski definition) is 2. The van der Waals surface area contributed by atoms with Crippen molar-refractivity contribution in [3.05, 3.63) is 24.0 Å². The van der Waals surface area contributed by atoms with Crippen LogP contribution in [0.2, 0.25) is 0 Å². The number of rotatable bonds is 5. The van der Waals surface area contributed by atoms with Crippen molar-refractivity contribution < 1.29 is 0 Å². The average molecular weight is 219 g/mol. The van der Waals surface area contributed by atoms with E-state index < -0.39 is 0 Å². The van der Waals surface area contributed by atoms with Crippen LogP contribution in [0.15, 0.2) is 18.3 Å². The molecular formula is C13H21N3. The normalized spacial score (nSPS) is 13.4. The molecule has 1 aromatic rings. The van der Waals surface area contributed by atoms with Crippen molar-refractivity contribution >= 4 is 0 Å². The zero-order valence-corrected chi connectivity index (χ0v) is 10.6. The molecule has 1 heterocycles. The molecule has 0 amide bonds. The van der Waals surface area contributed by atoms with Crippen LogP contribution in [0.1, 0.15) is 38.9 Å². The highest BCUT2D eigenvalue weighted by atomic mass is 15.0. The number of aryl methyl sites for hydroxylation is 1. The van der Waals surface area contributed by atoms with Gasteiger partial charge in [-0.15, -0.1) is 0 Å². The maximum atomic E-state index is 8.98. The van der Waals surface area contributed by atoms with Crippen LogP contribution in [-0.4, -0.2) is 11.6 Å². The molecule has 0 aliphatic carbocycles. The van der Waals surface area contributed by atoms with Gasteiger partial charge in [-0.3, -0.25) is 0 Å². The van der Waals surface area contributed by atoms with Crippen molar-refractivity contribution in [1.82, 2.24) is 9.88 Å². The lowest BCUT2D eigenvalue weighted by Crippen LogP contribution is -2.18. The second kappa shape index (κ2) is 5.18. The predicted molar refractivity (Wildman–Crippen MR) is 65.9 cm³/mol. The van der Waals surface area contributed by atoms with Gasteiger partial charge in [0.25, 0.3) is 0 Å². The van der Waals surface area contributed by atoms with E-state index in [-0.39, 0.29) is 5.41 Å². The summed E-state index contributed by atoms with van der Waals surface area (Å²) in [7, 11) is 1.96. The molecule has 0 saturated heterocycles. The van der Waals surface area contributed by atoms with Crippen molar-refractivity contribution in [2.45, 2.75) is 39.8 Å². The fourth-order valence-corrected chi connectivity index (χ4v) is 1.63. The van der Waals surface area contributed by atoms with Gasteiger partial charge < -0.3 is 9.88 Å². The molecule has 0 fully saturated rings. The van der Waals surface area contributed by atoms with Crippen LogP contribution in [0.5, 0.6) is 0 Å². The summed E-state index contributed by atoms with van der Waals surface area (Å²) in [6.07, 6.45) is 2.96. The van der Waals surface area contributed by atoms with Gasteiger partial charge in [0.1, 0.15) is 0 Å². The van der Waals surface area contributed by atoms with Gasteiger partial charge in [-0.25, -0.2) is 0 Å². The molecule has 3 heteroatoms. The van der Waals surface area contributed by atoms with Gasteiger partial charge in [0.05, 0.1) is 11.5 Å². The summed E-state index contributed by atoms with van der Waals surface area (Å²) in [6, 6.07) is 6.87. The van der Waals surface area contributed by atoms with E-state index in [1.54, 1.807) is 0 Å². The molecule has 0 radical (unpaired) electrons. The Bertz CT molecular complexity index is 371. The van der Waals surface area contributed by atoms with E-state index >= 15 is 0 Å². The molecule has 1 aromatic heterocycles. The smallest absolute Gasteiger partial charge is 0.0684 e. The molecule has 16 heavy (non-hydrogen) atoms. The van der Waals surface area contributed by atoms with Crippen LogP contribution < -0.4 is 5.32 Å². The first kappa shape index (κ1) is 12.8. The van der Waals surface area contributed by atoms with E-state index in [0.717, 1.165) is 13.0 Å². The van der Waals surface area contributed by atoms with Gasteiger partial charge in [0, 0.05) is 24.5 Å². The summed E-state index contributed by atoms with van der Waals surface area (Å²) in [5.74, 6) is 0. The summed E-state index contributed by atoms with van der Waals surface area (Å²) in [6.45, 7) is 7.01. The predicted octanol–water partition coefficient (Wildman–Crippen LogP) is 2.71. The Hall–Kier alpha value is -1.27. The van der Waals surface area contributed by atoms with Crippen LogP contribution in [0, 0.1) is 16.7 Å². The van der Waals surface area contributed by atoms with Gasteiger partial charge in [0.2, 0.25) is 0 Å². The third kappa shape index (κ3) is 3.11. The van der Waals surface area contributed by atoms with Crippen LogP contribution >= 0.6 is 0 Å². The van der Waals surface area contributed by atoms with Crippen LogP contribution in [-0.2, 0) is 6.54 Å². The summed E-state index contributed by atoms with van der Waals surface area (Å²) in [5, 5.41) is 12.2. The van der Waals surface area contributed by atoms with E-state index in [1.807, 2.05) is 20.9 Å². The molecule has 0 aliphatic rings. The van der Waals surface area contributed by atoms with E-state index in [9.17, 15) is 0 Å². The molecule has 88 valence electrons. The zero-order valence-electron chi connectivity index (χ0n) is 10.6. The lowest BCUT2D eigenvalue weighted by molar-refractivity contribution is 0.404. The second-order valence-corrected chi connectivity index (χ2v) is 4.88. The minimum absolute atomic E-state index is 0.246. The van der Waals surface area contributed by atoms with Crippen molar-refractivity contribution in [2.24, 2.45) is 5.41 Å². The van der Waals surface area contributed by atoms with Gasteiger partial charge in [-0.2, -0.15) is 5.26 Å². The Balaban J connectivity index is 2.69. The Kier molecular flexibility index (Phi) is 4.14. The van der Waals surface area contributed by atoms with E-state index in [2.05, 4.69) is 41.2 Å². The zero-order chi connectivity index (χ0) is 12.2. The summed E-state index contributed by atoms with van der Waals surface area (Å²) in [5.41, 5.74) is 1.03. The first-order valence-corrected chi connectivity index (χ1v) is 5.74. The van der Waals surface area contributed by atoms with Crippen molar-refractivity contribution in [3.63, 3.8) is 0 Å². The highest BCUT2D eigenvalue weighted by Crippen LogP contribution is 2.21. The molecule has 0 saturated carbocycles. The number of nitrogens with one attached hydrogen (secondary N) is 1. The van der Waals surface area contributed by atoms with E-state index in [0.29, 0.717) is 6.04 Å². The quantitative estimate of drug-likeness (QED) is 0.827. The third-order valence-corrected chi connectivity index (χ3v) is 3.02. The van der Waals surface area contributed by atoms with Gasteiger partial charge in [-0.05, 0) is 46.4 Å². The molecule has 0 bridgehead atoms. The Morgan fingerprint density at radius 1 is 1.56 bits per heavy atom. The maximum absolute atomic E-state index is 8.98. The molecule has 3 nitrogen and oxygen atoms in total. The molecule has 0 spiro atoms. The molecular weight excluding hydrogens is 198 g/mol. The molecule has 0 aromatic carbocycles. The molecule has 1 N–H and O–H groups in total. The first-order valence-electron chi connectivity index (χ1n) is 5.74. The summed E-state index contributed by atoms with van der Waals surface area (Å²) < 4.78 is 2.22. The molecule has 1 rings (SSSR count). The van der Waals surface area contributed by atoms with Crippen LogP contribution in [0.3, 0.4) is 0 Å². The third-order valence-electron chi connectivity index (χ3n) is 3.02. The average Bonchev–Trinajstić information content (AvgIpc) is 2.73. The maximum Gasteiger partial charge on any atom is 0.0684 e. The highest BCUT2D eigenvalue weighted by Gasteiger charge is 2.17. The second-order valence-electron chi connectivity index (χ2n) is 4.88. The number of aromatic nitrogens is 1. The summed E-state index contributed by atoms with van der Waals surface area (Å²) in [4.78, 5) is 0. The number of nitriles is 1. The topological polar surface area (TPSA) is 40.8 Å². The van der Waals surface area contributed by atoms with Crippen molar-refractivity contribution in [3.8, 4) is 6.07 Å². The van der Waals surface area contributed by atoms with Gasteiger partial charge in [-0.1, -0.05) is 0 Å². The monoisotopic (exact) mass is 219 g/mol. The van der Waals surface area contributed by atoms with Crippen molar-refractivity contribution in [1.29, 1.82) is 5.26 Å². The minimum atomic E-state index is -0.246. The Labute approximate surface area is 98.1 Å². The highest BCUT2D eigenvalue weighted by molar-refractivity contribution is 5.11. The van der Waals surface area contributed by atoms with Crippen molar-refractivity contribution in [2.75, 3.05) is 7.05 Å². The van der Waals surface area contributed by atoms with Crippen LogP contribution in [0.25, 0.3) is 0 Å². The van der Waals surface area contributed by atoms with E-state index in [4.69, 9.17) is 5.26 Å². The fraction of sp³-hybridized carbons (Fsp3) is 0.615. The minimum Gasteiger partial charge on any atom is -0.350 e. The Morgan fingerprint density at radius 3 is 2.81 bits per heavy atom. The Morgan fingerprint density at radius 2 is 2.25 bits per heavy atom. The van der Waals surface area contributed by atoms with Gasteiger partial charge in [0.15, 0.2) is 0 Å². The number of nitrogens with zero attached hydrogens (tertiary/aromatic N) is 2. The first-order chi connectivity index (χ1) is 7.50. The SMILES string of the molecule is CNC(C)c1cccn1CCC(C)(C)C#N. The lowest BCUT2D eigenvalue weighted by Gasteiger charge is -2.19. The van der Waals surface area contributed by atoms with Gasteiger partial charge >= 0.3 is 0 Å². The number of hydrogen-bond donors (Lipinski definition) is 1. The largest absolute Gasteiger partial charge is 0.350 e. The standard InChI is InChI=1S/C13H21N3/c1-11(15-4)12-6-5-8-16(12)9-7-13(2,3)10-14/h5-6,8,11,15H,7,9H2,1-4H3. The lowest BCUT2D eigenvalue weighted by atomic mass is 9.91. The fourth-order valence-electron chi connectivity index (χ4n) is 1.63.